The maximum Gasteiger partial charge on any atom is 0.306 e. The molecule has 0 aromatic rings. The quantitative estimate of drug-likeness (QED) is 0.151. The number of rotatable bonds is 12. The minimum atomic E-state index is -1.51. The van der Waals surface area contributed by atoms with Gasteiger partial charge in [-0.15, -0.1) is 0 Å². The van der Waals surface area contributed by atoms with Crippen LogP contribution in [0.3, 0.4) is 0 Å². The van der Waals surface area contributed by atoms with Crippen LogP contribution in [0.5, 0.6) is 0 Å². The number of nitrogens with two attached hydrogens (primary N) is 3. The summed E-state index contributed by atoms with van der Waals surface area (Å²) in [6, 6.07) is -3.42. The fourth-order valence-electron chi connectivity index (χ4n) is 3.60. The van der Waals surface area contributed by atoms with E-state index in [2.05, 4.69) is 0 Å². The largest absolute Gasteiger partial charge is 0.481 e. The van der Waals surface area contributed by atoms with E-state index in [1.54, 1.807) is 6.92 Å². The highest BCUT2D eigenvalue weighted by molar-refractivity contribution is 5.89. The topological polar surface area (TPSA) is 232 Å². The number of carbonyl (C=O) groups is 3. The Hall–Kier alpha value is -1.87. The van der Waals surface area contributed by atoms with Crippen LogP contribution in [0.4, 0.5) is 0 Å². The molecule has 186 valence electrons. The van der Waals surface area contributed by atoms with Gasteiger partial charge in [-0.3, -0.25) is 14.4 Å². The van der Waals surface area contributed by atoms with Crippen molar-refractivity contribution in [2.24, 2.45) is 23.1 Å². The van der Waals surface area contributed by atoms with Crippen LogP contribution in [0.1, 0.15) is 33.6 Å². The first-order valence-corrected chi connectivity index (χ1v) is 10.5. The first-order valence-electron chi connectivity index (χ1n) is 10.5. The van der Waals surface area contributed by atoms with E-state index in [9.17, 15) is 34.8 Å². The maximum atomic E-state index is 12.8. The second-order valence-electron chi connectivity index (χ2n) is 8.10. The van der Waals surface area contributed by atoms with E-state index in [-0.39, 0.29) is 19.4 Å². The number of hydrogen-bond acceptors (Lipinski definition) is 10. The van der Waals surface area contributed by atoms with Gasteiger partial charge in [0.15, 0.2) is 6.29 Å². The van der Waals surface area contributed by atoms with E-state index in [0.29, 0.717) is 0 Å². The second-order valence-corrected chi connectivity index (χ2v) is 8.10. The van der Waals surface area contributed by atoms with Gasteiger partial charge in [0.2, 0.25) is 11.8 Å². The van der Waals surface area contributed by atoms with Gasteiger partial charge in [-0.25, -0.2) is 0 Å². The third kappa shape index (κ3) is 7.07. The number of aliphatic hydroxyl groups is 3. The summed E-state index contributed by atoms with van der Waals surface area (Å²) < 4.78 is 10.8. The van der Waals surface area contributed by atoms with Crippen LogP contribution in [0.2, 0.25) is 0 Å². The third-order valence-electron chi connectivity index (χ3n) is 5.49. The van der Waals surface area contributed by atoms with Gasteiger partial charge < -0.3 is 52.0 Å². The van der Waals surface area contributed by atoms with Crippen molar-refractivity contribution in [1.29, 1.82) is 0 Å². The van der Waals surface area contributed by atoms with E-state index in [0.717, 1.165) is 4.90 Å². The standard InChI is InChI=1S/C19H36N4O9/c1-4-10(18(28)29)5-11(16(22)26)23(17(27)9(3)20)6-8(2)31-15-13(21)19(30)32-12(7-24)14(15)25/h8-15,19,24-25,30H,4-7,20-21H2,1-3H3,(H2,22,26)(H,28,29)/t8?,9-,10?,11+,12+,13+,14+,15+,19-/m0/s1. The summed E-state index contributed by atoms with van der Waals surface area (Å²) in [7, 11) is 0. The third-order valence-corrected chi connectivity index (χ3v) is 5.49. The number of aliphatic hydroxyl groups excluding tert-OH is 3. The molecular weight excluding hydrogens is 428 g/mol. The van der Waals surface area contributed by atoms with Gasteiger partial charge in [0.1, 0.15) is 24.4 Å². The number of ether oxygens (including phenoxy) is 2. The van der Waals surface area contributed by atoms with Crippen molar-refractivity contribution < 1.29 is 44.3 Å². The molecule has 1 heterocycles. The van der Waals surface area contributed by atoms with Crippen molar-refractivity contribution in [3.63, 3.8) is 0 Å². The molecule has 0 aromatic heterocycles. The fraction of sp³-hybridized carbons (Fsp3) is 0.842. The number of carbonyl (C=O) groups excluding carboxylic acids is 2. The van der Waals surface area contributed by atoms with Crippen molar-refractivity contribution in [1.82, 2.24) is 4.90 Å². The Kier molecular flexibility index (Phi) is 10.9. The predicted molar refractivity (Wildman–Crippen MR) is 111 cm³/mol. The summed E-state index contributed by atoms with van der Waals surface area (Å²) in [6.07, 6.45) is -6.02. The summed E-state index contributed by atoms with van der Waals surface area (Å²) in [5.74, 6) is -3.59. The molecule has 2 amide bonds. The van der Waals surface area contributed by atoms with Crippen molar-refractivity contribution >= 4 is 17.8 Å². The lowest BCUT2D eigenvalue weighted by molar-refractivity contribution is -0.263. The number of carboxylic acid groups (broad SMARTS) is 1. The minimum Gasteiger partial charge on any atom is -0.481 e. The first kappa shape index (κ1) is 28.2. The Morgan fingerprint density at radius 2 is 1.81 bits per heavy atom. The van der Waals surface area contributed by atoms with E-state index in [1.165, 1.54) is 13.8 Å². The molecule has 10 N–H and O–H groups in total. The highest BCUT2D eigenvalue weighted by Gasteiger charge is 2.44. The molecule has 9 atom stereocenters. The molecule has 32 heavy (non-hydrogen) atoms. The van der Waals surface area contributed by atoms with Gasteiger partial charge in [-0.1, -0.05) is 6.92 Å². The average molecular weight is 465 g/mol. The molecule has 0 aliphatic carbocycles. The molecule has 1 fully saturated rings. The summed E-state index contributed by atoms with van der Waals surface area (Å²) in [6.45, 7) is 3.76. The van der Waals surface area contributed by atoms with Crippen LogP contribution in [-0.4, -0.2) is 105 Å². The molecular formula is C19H36N4O9. The summed E-state index contributed by atoms with van der Waals surface area (Å²) in [4.78, 5) is 37.4. The van der Waals surface area contributed by atoms with E-state index in [4.69, 9.17) is 26.7 Å². The van der Waals surface area contributed by atoms with E-state index < -0.39 is 79.1 Å². The fourth-order valence-corrected chi connectivity index (χ4v) is 3.60. The normalized spacial score (nSPS) is 29.6. The molecule has 0 saturated carbocycles. The van der Waals surface area contributed by atoms with Crippen molar-refractivity contribution in [3.05, 3.63) is 0 Å². The Bertz CT molecular complexity index is 650. The molecule has 1 aliphatic heterocycles. The molecule has 1 saturated heterocycles. The second kappa shape index (κ2) is 12.4. The van der Waals surface area contributed by atoms with E-state index >= 15 is 0 Å². The van der Waals surface area contributed by atoms with Crippen LogP contribution >= 0.6 is 0 Å². The molecule has 13 heteroatoms. The number of aliphatic carboxylic acids is 1. The van der Waals surface area contributed by atoms with Gasteiger partial charge in [-0.05, 0) is 26.7 Å². The SMILES string of the molecule is CCC(C[C@H](C(N)=O)N(CC(C)O[C@@H]1[C@@H](N)[C@@H](O)O[C@H](CO)[C@H]1O)C(=O)[C@H](C)N)C(=O)O. The lowest BCUT2D eigenvalue weighted by Gasteiger charge is -2.42. The zero-order chi connectivity index (χ0) is 24.7. The number of primary amides is 1. The van der Waals surface area contributed by atoms with Crippen LogP contribution < -0.4 is 17.2 Å². The number of hydrogen-bond donors (Lipinski definition) is 7. The van der Waals surface area contributed by atoms with Gasteiger partial charge in [0, 0.05) is 6.54 Å². The summed E-state index contributed by atoms with van der Waals surface area (Å²) >= 11 is 0. The number of nitrogens with zero attached hydrogens (tertiary/aromatic N) is 1. The summed E-state index contributed by atoms with van der Waals surface area (Å²) in [5.41, 5.74) is 17.1. The highest BCUT2D eigenvalue weighted by atomic mass is 16.6. The monoisotopic (exact) mass is 464 g/mol. The first-order chi connectivity index (χ1) is 14.8. The van der Waals surface area contributed by atoms with Crippen LogP contribution in [0.15, 0.2) is 0 Å². The van der Waals surface area contributed by atoms with Crippen molar-refractivity contribution in [2.75, 3.05) is 13.2 Å². The van der Waals surface area contributed by atoms with Crippen LogP contribution in [-0.2, 0) is 23.9 Å². The zero-order valence-electron chi connectivity index (χ0n) is 18.5. The van der Waals surface area contributed by atoms with Gasteiger partial charge >= 0.3 is 5.97 Å². The van der Waals surface area contributed by atoms with Gasteiger partial charge in [0.05, 0.1) is 30.7 Å². The Labute approximate surface area is 186 Å². The Morgan fingerprint density at radius 1 is 1.22 bits per heavy atom. The number of amides is 2. The van der Waals surface area contributed by atoms with Gasteiger partial charge in [-0.2, -0.15) is 0 Å². The lowest BCUT2D eigenvalue weighted by atomic mass is 9.95. The smallest absolute Gasteiger partial charge is 0.306 e. The van der Waals surface area contributed by atoms with E-state index in [1.807, 2.05) is 0 Å². The highest BCUT2D eigenvalue weighted by Crippen LogP contribution is 2.23. The molecule has 0 radical (unpaired) electrons. The zero-order valence-corrected chi connectivity index (χ0v) is 18.5. The molecule has 0 spiro atoms. The maximum absolute atomic E-state index is 12.8. The van der Waals surface area contributed by atoms with Gasteiger partial charge in [0.25, 0.3) is 0 Å². The lowest BCUT2D eigenvalue weighted by Crippen LogP contribution is -2.64. The predicted octanol–water partition coefficient (Wildman–Crippen LogP) is -3.31. The van der Waals surface area contributed by atoms with Crippen molar-refractivity contribution in [2.45, 2.75) is 82.4 Å². The molecule has 0 aromatic carbocycles. The Morgan fingerprint density at radius 3 is 2.25 bits per heavy atom. The minimum absolute atomic E-state index is 0.211. The van der Waals surface area contributed by atoms with Crippen LogP contribution in [0.25, 0.3) is 0 Å². The molecule has 1 aliphatic rings. The van der Waals surface area contributed by atoms with Crippen molar-refractivity contribution in [3.8, 4) is 0 Å². The molecule has 2 unspecified atom stereocenters. The Balaban J connectivity index is 3.10. The summed E-state index contributed by atoms with van der Waals surface area (Å²) in [5, 5.41) is 39.0. The average Bonchev–Trinajstić information content (AvgIpc) is 2.72. The molecule has 13 nitrogen and oxygen atoms in total. The number of carboxylic acids is 1. The molecule has 1 rings (SSSR count). The molecule has 0 bridgehead atoms. The van der Waals surface area contributed by atoms with Crippen LogP contribution in [0, 0.1) is 5.92 Å².